The van der Waals surface area contributed by atoms with Gasteiger partial charge in [-0.15, -0.1) is 11.3 Å². The van der Waals surface area contributed by atoms with E-state index in [1.807, 2.05) is 9.80 Å². The maximum atomic E-state index is 12.7. The maximum absolute atomic E-state index is 12.7. The first kappa shape index (κ1) is 16.8. The highest BCUT2D eigenvalue weighted by Gasteiger charge is 2.31. The van der Waals surface area contributed by atoms with Crippen molar-refractivity contribution in [3.05, 3.63) is 21.3 Å². The van der Waals surface area contributed by atoms with Crippen LogP contribution >= 0.6 is 22.9 Å². The standard InChI is InChI=1S/C17H23ClN2O2S/c18-15-6-5-14(23-15)17(22)20-11-7-13(8-12-20)16(21)19-9-3-1-2-4-10-19/h5-6,13H,1-4,7-12H2. The Morgan fingerprint density at radius 1 is 0.957 bits per heavy atom. The lowest BCUT2D eigenvalue weighted by atomic mass is 9.95. The average Bonchev–Trinajstić information content (AvgIpc) is 2.84. The largest absolute Gasteiger partial charge is 0.342 e. The number of hydrogen-bond acceptors (Lipinski definition) is 3. The van der Waals surface area contributed by atoms with E-state index in [1.165, 1.54) is 24.2 Å². The Morgan fingerprint density at radius 2 is 1.61 bits per heavy atom. The molecule has 126 valence electrons. The van der Waals surface area contributed by atoms with Crippen LogP contribution in [-0.2, 0) is 4.79 Å². The normalized spacial score (nSPS) is 20.4. The summed E-state index contributed by atoms with van der Waals surface area (Å²) in [4.78, 5) is 29.7. The molecule has 2 aliphatic rings. The van der Waals surface area contributed by atoms with Crippen molar-refractivity contribution in [2.45, 2.75) is 38.5 Å². The lowest BCUT2D eigenvalue weighted by Crippen LogP contribution is -2.44. The summed E-state index contributed by atoms with van der Waals surface area (Å²) in [6.45, 7) is 3.15. The van der Waals surface area contributed by atoms with Gasteiger partial charge in [0, 0.05) is 32.1 Å². The molecule has 6 heteroatoms. The summed E-state index contributed by atoms with van der Waals surface area (Å²) in [5.74, 6) is 0.435. The molecule has 23 heavy (non-hydrogen) atoms. The number of amides is 2. The summed E-state index contributed by atoms with van der Waals surface area (Å²) < 4.78 is 0.638. The molecule has 0 aromatic carbocycles. The number of hydrogen-bond donors (Lipinski definition) is 0. The first-order chi connectivity index (χ1) is 11.1. The Morgan fingerprint density at radius 3 is 2.17 bits per heavy atom. The number of thiophene rings is 1. The third kappa shape index (κ3) is 4.07. The number of piperidine rings is 1. The van der Waals surface area contributed by atoms with E-state index in [4.69, 9.17) is 11.6 Å². The van der Waals surface area contributed by atoms with E-state index in [0.29, 0.717) is 28.2 Å². The van der Waals surface area contributed by atoms with Gasteiger partial charge < -0.3 is 9.80 Å². The molecule has 0 bridgehead atoms. The van der Waals surface area contributed by atoms with Gasteiger partial charge in [0.1, 0.15) is 0 Å². The Labute approximate surface area is 146 Å². The highest BCUT2D eigenvalue weighted by atomic mass is 35.5. The van der Waals surface area contributed by atoms with E-state index in [-0.39, 0.29) is 11.8 Å². The fraction of sp³-hybridized carbons (Fsp3) is 0.647. The van der Waals surface area contributed by atoms with Crippen LogP contribution in [0.4, 0.5) is 0 Å². The molecule has 4 nitrogen and oxygen atoms in total. The fourth-order valence-corrected chi connectivity index (χ4v) is 4.47. The molecule has 2 saturated heterocycles. The van der Waals surface area contributed by atoms with E-state index < -0.39 is 0 Å². The van der Waals surface area contributed by atoms with Crippen molar-refractivity contribution in [2.75, 3.05) is 26.2 Å². The number of halogens is 1. The van der Waals surface area contributed by atoms with Crippen molar-refractivity contribution in [3.63, 3.8) is 0 Å². The topological polar surface area (TPSA) is 40.6 Å². The molecule has 0 saturated carbocycles. The van der Waals surface area contributed by atoms with E-state index in [0.717, 1.165) is 38.8 Å². The van der Waals surface area contributed by atoms with E-state index in [2.05, 4.69) is 0 Å². The SMILES string of the molecule is O=C(c1ccc(Cl)s1)N1CCC(C(=O)N2CCCCCC2)CC1. The van der Waals surface area contributed by atoms with E-state index in [1.54, 1.807) is 12.1 Å². The Balaban J connectivity index is 1.53. The lowest BCUT2D eigenvalue weighted by Gasteiger charge is -2.33. The quantitative estimate of drug-likeness (QED) is 0.813. The van der Waals surface area contributed by atoms with Crippen molar-refractivity contribution in [1.82, 2.24) is 9.80 Å². The van der Waals surface area contributed by atoms with Gasteiger partial charge in [0.25, 0.3) is 5.91 Å². The van der Waals surface area contributed by atoms with Gasteiger partial charge >= 0.3 is 0 Å². The minimum atomic E-state index is 0.0440. The van der Waals surface area contributed by atoms with Crippen LogP contribution in [0.5, 0.6) is 0 Å². The van der Waals surface area contributed by atoms with Crippen LogP contribution in [0.15, 0.2) is 12.1 Å². The molecule has 0 N–H and O–H groups in total. The van der Waals surface area contributed by atoms with Crippen LogP contribution in [0.1, 0.15) is 48.2 Å². The predicted molar refractivity (Wildman–Crippen MR) is 93.0 cm³/mol. The van der Waals surface area contributed by atoms with Crippen LogP contribution in [0.25, 0.3) is 0 Å². The summed E-state index contributed by atoms with van der Waals surface area (Å²) in [6.07, 6.45) is 6.28. The maximum Gasteiger partial charge on any atom is 0.263 e. The highest BCUT2D eigenvalue weighted by Crippen LogP contribution is 2.26. The lowest BCUT2D eigenvalue weighted by molar-refractivity contribution is -0.136. The first-order valence-electron chi connectivity index (χ1n) is 8.48. The van der Waals surface area contributed by atoms with Gasteiger partial charge in [-0.2, -0.15) is 0 Å². The number of carbonyl (C=O) groups is 2. The van der Waals surface area contributed by atoms with Crippen molar-refractivity contribution in [2.24, 2.45) is 5.92 Å². The zero-order valence-electron chi connectivity index (χ0n) is 13.3. The summed E-state index contributed by atoms with van der Waals surface area (Å²) in [5, 5.41) is 0. The van der Waals surface area contributed by atoms with Gasteiger partial charge in [-0.05, 0) is 37.8 Å². The van der Waals surface area contributed by atoms with Crippen molar-refractivity contribution in [3.8, 4) is 0 Å². The predicted octanol–water partition coefficient (Wildman–Crippen LogP) is 3.66. The first-order valence-corrected chi connectivity index (χ1v) is 9.68. The van der Waals surface area contributed by atoms with Crippen LogP contribution in [0.3, 0.4) is 0 Å². The van der Waals surface area contributed by atoms with E-state index >= 15 is 0 Å². The molecule has 2 fully saturated rings. The second kappa shape index (κ2) is 7.67. The second-order valence-electron chi connectivity index (χ2n) is 6.41. The van der Waals surface area contributed by atoms with Crippen molar-refractivity contribution < 1.29 is 9.59 Å². The molecule has 1 aromatic heterocycles. The molecule has 2 amide bonds. The number of carbonyl (C=O) groups excluding carboxylic acids is 2. The molecule has 2 aliphatic heterocycles. The molecule has 0 unspecified atom stereocenters. The molecule has 0 radical (unpaired) electrons. The fourth-order valence-electron chi connectivity index (χ4n) is 3.46. The number of nitrogens with zero attached hydrogens (tertiary/aromatic N) is 2. The Bertz CT molecular complexity index is 559. The smallest absolute Gasteiger partial charge is 0.263 e. The van der Waals surface area contributed by atoms with Crippen molar-refractivity contribution in [1.29, 1.82) is 0 Å². The average molecular weight is 355 g/mol. The van der Waals surface area contributed by atoms with Crippen LogP contribution in [-0.4, -0.2) is 47.8 Å². The zero-order valence-corrected chi connectivity index (χ0v) is 14.9. The molecule has 3 heterocycles. The van der Waals surface area contributed by atoms with Crippen LogP contribution in [0.2, 0.25) is 4.34 Å². The van der Waals surface area contributed by atoms with Gasteiger partial charge in [-0.1, -0.05) is 24.4 Å². The minimum Gasteiger partial charge on any atom is -0.342 e. The molecule has 0 atom stereocenters. The zero-order chi connectivity index (χ0) is 16.2. The molecular formula is C17H23ClN2O2S. The molecule has 1 aromatic rings. The summed E-state index contributed by atoms with van der Waals surface area (Å²) >= 11 is 7.23. The molecule has 0 aliphatic carbocycles. The third-order valence-electron chi connectivity index (χ3n) is 4.83. The monoisotopic (exact) mass is 354 g/mol. The van der Waals surface area contributed by atoms with Crippen molar-refractivity contribution >= 4 is 34.8 Å². The highest BCUT2D eigenvalue weighted by molar-refractivity contribution is 7.17. The van der Waals surface area contributed by atoms with Gasteiger partial charge in [-0.3, -0.25) is 9.59 Å². The second-order valence-corrected chi connectivity index (χ2v) is 8.12. The molecular weight excluding hydrogens is 332 g/mol. The van der Waals surface area contributed by atoms with Gasteiger partial charge in [0.2, 0.25) is 5.91 Å². The Hall–Kier alpha value is -1.07. The third-order valence-corrected chi connectivity index (χ3v) is 6.05. The van der Waals surface area contributed by atoms with Crippen LogP contribution in [0, 0.1) is 5.92 Å². The number of likely N-dealkylation sites (tertiary alicyclic amines) is 2. The van der Waals surface area contributed by atoms with Crippen LogP contribution < -0.4 is 0 Å². The Kier molecular flexibility index (Phi) is 5.59. The minimum absolute atomic E-state index is 0.0440. The summed E-state index contributed by atoms with van der Waals surface area (Å²) in [5.41, 5.74) is 0. The molecule has 0 spiro atoms. The number of rotatable bonds is 2. The van der Waals surface area contributed by atoms with E-state index in [9.17, 15) is 9.59 Å². The summed E-state index contributed by atoms with van der Waals surface area (Å²) in [7, 11) is 0. The van der Waals surface area contributed by atoms with Gasteiger partial charge in [0.15, 0.2) is 0 Å². The molecule has 3 rings (SSSR count). The van der Waals surface area contributed by atoms with Gasteiger partial charge in [-0.25, -0.2) is 0 Å². The van der Waals surface area contributed by atoms with Gasteiger partial charge in [0.05, 0.1) is 9.21 Å². The summed E-state index contributed by atoms with van der Waals surface area (Å²) in [6, 6.07) is 3.54.